The van der Waals surface area contributed by atoms with E-state index in [9.17, 15) is 22.8 Å². The van der Waals surface area contributed by atoms with Crippen LogP contribution in [-0.2, 0) is 4.79 Å². The monoisotopic (exact) mass is 375 g/mol. The highest BCUT2D eigenvalue weighted by Crippen LogP contribution is 2.20. The van der Waals surface area contributed by atoms with E-state index in [1.165, 1.54) is 24.7 Å². The molecular weight excluding hydrogens is 363 g/mol. The van der Waals surface area contributed by atoms with Crippen molar-refractivity contribution in [3.63, 3.8) is 0 Å². The third-order valence-corrected chi connectivity index (χ3v) is 3.58. The fourth-order valence-electron chi connectivity index (χ4n) is 2.22. The van der Waals surface area contributed by atoms with Crippen LogP contribution in [0.5, 0.6) is 0 Å². The molecular formula is C18H12F3N3O3. The molecule has 3 rings (SSSR count). The summed E-state index contributed by atoms with van der Waals surface area (Å²) >= 11 is 0. The average Bonchev–Trinajstić information content (AvgIpc) is 3.21. The van der Waals surface area contributed by atoms with Gasteiger partial charge < -0.3 is 15.1 Å². The van der Waals surface area contributed by atoms with Crippen LogP contribution in [0, 0.1) is 17.5 Å². The Kier molecular flexibility index (Phi) is 5.20. The summed E-state index contributed by atoms with van der Waals surface area (Å²) in [4.78, 5) is 27.6. The summed E-state index contributed by atoms with van der Waals surface area (Å²) in [6.45, 7) is -0.485. The summed E-state index contributed by atoms with van der Waals surface area (Å²) < 4.78 is 44.6. The third kappa shape index (κ3) is 4.14. The Morgan fingerprint density at radius 2 is 1.74 bits per heavy atom. The number of aromatic nitrogens is 1. The molecule has 0 atom stereocenters. The highest BCUT2D eigenvalue weighted by molar-refractivity contribution is 5.99. The van der Waals surface area contributed by atoms with Crippen LogP contribution in [-0.4, -0.2) is 23.3 Å². The summed E-state index contributed by atoms with van der Waals surface area (Å²) in [6.07, 6.45) is 2.81. The van der Waals surface area contributed by atoms with Gasteiger partial charge in [-0.3, -0.25) is 9.59 Å². The Hall–Kier alpha value is -3.62. The Balaban J connectivity index is 1.57. The molecule has 138 valence electrons. The van der Waals surface area contributed by atoms with E-state index in [1.807, 2.05) is 0 Å². The summed E-state index contributed by atoms with van der Waals surface area (Å²) in [5.41, 5.74) is 0.477. The molecule has 0 aliphatic carbocycles. The largest absolute Gasteiger partial charge is 0.444 e. The van der Waals surface area contributed by atoms with Crippen molar-refractivity contribution in [2.45, 2.75) is 0 Å². The molecule has 6 nitrogen and oxygen atoms in total. The molecule has 0 radical (unpaired) electrons. The second-order valence-corrected chi connectivity index (χ2v) is 5.40. The number of carbonyl (C=O) groups is 2. The molecule has 9 heteroatoms. The van der Waals surface area contributed by atoms with E-state index in [0.717, 1.165) is 11.6 Å². The molecule has 2 aromatic carbocycles. The summed E-state index contributed by atoms with van der Waals surface area (Å²) in [5, 5.41) is 4.40. The van der Waals surface area contributed by atoms with Gasteiger partial charge in [0, 0.05) is 11.1 Å². The Morgan fingerprint density at radius 1 is 1.00 bits per heavy atom. The van der Waals surface area contributed by atoms with Crippen LogP contribution < -0.4 is 10.6 Å². The number of hydrogen-bond donors (Lipinski definition) is 2. The van der Waals surface area contributed by atoms with E-state index in [-0.39, 0.29) is 5.56 Å². The van der Waals surface area contributed by atoms with Gasteiger partial charge >= 0.3 is 0 Å². The van der Waals surface area contributed by atoms with Crippen molar-refractivity contribution in [1.29, 1.82) is 0 Å². The summed E-state index contributed by atoms with van der Waals surface area (Å²) in [7, 11) is 0. The first-order chi connectivity index (χ1) is 13.0. The van der Waals surface area contributed by atoms with Gasteiger partial charge in [0.05, 0.1) is 18.4 Å². The lowest BCUT2D eigenvalue weighted by atomic mass is 10.1. The fourth-order valence-corrected chi connectivity index (χ4v) is 2.22. The molecule has 0 unspecified atom stereocenters. The molecule has 0 bridgehead atoms. The van der Waals surface area contributed by atoms with E-state index in [1.54, 1.807) is 12.1 Å². The zero-order valence-corrected chi connectivity index (χ0v) is 13.6. The van der Waals surface area contributed by atoms with Crippen molar-refractivity contribution >= 4 is 17.5 Å². The number of benzene rings is 2. The quantitative estimate of drug-likeness (QED) is 0.671. The van der Waals surface area contributed by atoms with Gasteiger partial charge in [-0.05, 0) is 24.3 Å². The molecule has 1 aromatic heterocycles. The maximum atomic E-state index is 13.5. The Labute approximate surface area is 151 Å². The average molecular weight is 375 g/mol. The van der Waals surface area contributed by atoms with Crippen LogP contribution in [0.2, 0.25) is 0 Å². The smallest absolute Gasteiger partial charge is 0.251 e. The lowest BCUT2D eigenvalue weighted by Crippen LogP contribution is -2.33. The van der Waals surface area contributed by atoms with E-state index < -0.39 is 41.5 Å². The number of oxazole rings is 1. The van der Waals surface area contributed by atoms with Crippen molar-refractivity contribution in [3.8, 4) is 11.3 Å². The van der Waals surface area contributed by atoms with Crippen molar-refractivity contribution in [3.05, 3.63) is 72.0 Å². The molecule has 27 heavy (non-hydrogen) atoms. The molecule has 3 aromatic rings. The van der Waals surface area contributed by atoms with Gasteiger partial charge in [0.15, 0.2) is 29.6 Å². The number of carbonyl (C=O) groups excluding carboxylic acids is 2. The number of amides is 2. The second-order valence-electron chi connectivity index (χ2n) is 5.40. The van der Waals surface area contributed by atoms with Gasteiger partial charge in [-0.15, -0.1) is 0 Å². The number of anilines is 1. The van der Waals surface area contributed by atoms with Gasteiger partial charge in [0.25, 0.3) is 5.91 Å². The third-order valence-electron chi connectivity index (χ3n) is 3.58. The van der Waals surface area contributed by atoms with Crippen molar-refractivity contribution in [1.82, 2.24) is 10.3 Å². The predicted molar refractivity (Wildman–Crippen MR) is 89.2 cm³/mol. The zero-order chi connectivity index (χ0) is 19.4. The fraction of sp³-hybridized carbons (Fsp3) is 0.0556. The van der Waals surface area contributed by atoms with Crippen LogP contribution >= 0.6 is 0 Å². The first-order valence-electron chi connectivity index (χ1n) is 7.66. The van der Waals surface area contributed by atoms with Crippen LogP contribution in [0.15, 0.2) is 53.4 Å². The van der Waals surface area contributed by atoms with Gasteiger partial charge in [0.2, 0.25) is 5.91 Å². The highest BCUT2D eigenvalue weighted by Gasteiger charge is 2.16. The lowest BCUT2D eigenvalue weighted by molar-refractivity contribution is -0.115. The van der Waals surface area contributed by atoms with Crippen LogP contribution in [0.25, 0.3) is 11.3 Å². The minimum atomic E-state index is -1.69. The van der Waals surface area contributed by atoms with Gasteiger partial charge in [-0.2, -0.15) is 0 Å². The molecule has 2 N–H and O–H groups in total. The topological polar surface area (TPSA) is 84.2 Å². The standard InChI is InChI=1S/C18H12F3N3O3/c19-12-5-6-13(17(21)16(12)20)24-15(25)8-23-18(26)11-3-1-10(2-4-11)14-7-22-9-27-14/h1-7,9H,8H2,(H,23,26)(H,24,25). The molecule has 0 aliphatic rings. The Morgan fingerprint density at radius 3 is 2.41 bits per heavy atom. The van der Waals surface area contributed by atoms with E-state index >= 15 is 0 Å². The number of hydrogen-bond acceptors (Lipinski definition) is 4. The molecule has 1 heterocycles. The first kappa shape index (κ1) is 18.2. The molecule has 0 saturated heterocycles. The molecule has 2 amide bonds. The molecule has 0 aliphatic heterocycles. The second kappa shape index (κ2) is 7.73. The first-order valence-corrected chi connectivity index (χ1v) is 7.66. The summed E-state index contributed by atoms with van der Waals surface area (Å²) in [6, 6.07) is 7.91. The number of halogens is 3. The number of rotatable bonds is 5. The number of nitrogens with zero attached hydrogens (tertiary/aromatic N) is 1. The highest BCUT2D eigenvalue weighted by atomic mass is 19.2. The molecule has 0 spiro atoms. The maximum Gasteiger partial charge on any atom is 0.251 e. The SMILES string of the molecule is O=C(CNC(=O)c1ccc(-c2cnco2)cc1)Nc1ccc(F)c(F)c1F. The van der Waals surface area contributed by atoms with Crippen LogP contribution in [0.1, 0.15) is 10.4 Å². The van der Waals surface area contributed by atoms with Crippen molar-refractivity contribution in [2.75, 3.05) is 11.9 Å². The van der Waals surface area contributed by atoms with Crippen molar-refractivity contribution < 1.29 is 27.2 Å². The normalized spacial score (nSPS) is 10.5. The van der Waals surface area contributed by atoms with Crippen LogP contribution in [0.3, 0.4) is 0 Å². The zero-order valence-electron chi connectivity index (χ0n) is 13.6. The van der Waals surface area contributed by atoms with Gasteiger partial charge in [0.1, 0.15) is 0 Å². The van der Waals surface area contributed by atoms with Gasteiger partial charge in [-0.1, -0.05) is 12.1 Å². The molecule has 0 saturated carbocycles. The van der Waals surface area contributed by atoms with Crippen LogP contribution in [0.4, 0.5) is 18.9 Å². The lowest BCUT2D eigenvalue weighted by Gasteiger charge is -2.09. The molecule has 0 fully saturated rings. The maximum absolute atomic E-state index is 13.5. The number of nitrogens with one attached hydrogen (secondary N) is 2. The predicted octanol–water partition coefficient (Wildman–Crippen LogP) is 3.13. The summed E-state index contributed by atoms with van der Waals surface area (Å²) in [5.74, 6) is -5.38. The minimum Gasteiger partial charge on any atom is -0.444 e. The van der Waals surface area contributed by atoms with E-state index in [0.29, 0.717) is 11.8 Å². The van der Waals surface area contributed by atoms with E-state index in [2.05, 4.69) is 15.6 Å². The van der Waals surface area contributed by atoms with Crippen molar-refractivity contribution in [2.24, 2.45) is 0 Å². The van der Waals surface area contributed by atoms with Gasteiger partial charge in [-0.25, -0.2) is 18.2 Å². The van der Waals surface area contributed by atoms with E-state index in [4.69, 9.17) is 4.42 Å². The Bertz CT molecular complexity index is 974. The minimum absolute atomic E-state index is 0.282.